The van der Waals surface area contributed by atoms with Crippen molar-refractivity contribution in [1.82, 2.24) is 0 Å². The van der Waals surface area contributed by atoms with Gasteiger partial charge in [0.2, 0.25) is 0 Å². The van der Waals surface area contributed by atoms with Crippen LogP contribution < -0.4 is 0 Å². The fourth-order valence-electron chi connectivity index (χ4n) is 2.81. The van der Waals surface area contributed by atoms with Crippen molar-refractivity contribution in [3.63, 3.8) is 0 Å². The highest BCUT2D eigenvalue weighted by atomic mass is 79.9. The number of benzene rings is 1. The molecule has 1 aliphatic carbocycles. The topological polar surface area (TPSA) is 17.1 Å². The van der Waals surface area contributed by atoms with E-state index in [1.807, 2.05) is 19.9 Å². The van der Waals surface area contributed by atoms with Crippen LogP contribution in [0.25, 0.3) is 0 Å². The lowest BCUT2D eigenvalue weighted by Gasteiger charge is -2.15. The van der Waals surface area contributed by atoms with Gasteiger partial charge in [-0.3, -0.25) is 4.79 Å². The summed E-state index contributed by atoms with van der Waals surface area (Å²) in [4.78, 5) is 12.6. The van der Waals surface area contributed by atoms with Gasteiger partial charge in [-0.1, -0.05) is 41.6 Å². The maximum atomic E-state index is 12.6. The van der Waals surface area contributed by atoms with Crippen molar-refractivity contribution in [3.8, 4) is 0 Å². The van der Waals surface area contributed by atoms with Crippen LogP contribution in [0.3, 0.4) is 0 Å². The summed E-state index contributed by atoms with van der Waals surface area (Å²) in [6, 6.07) is 4.12. The van der Waals surface area contributed by atoms with Crippen molar-refractivity contribution in [2.24, 2.45) is 5.92 Å². The van der Waals surface area contributed by atoms with Gasteiger partial charge in [0.15, 0.2) is 5.78 Å². The molecule has 0 N–H and O–H groups in total. The van der Waals surface area contributed by atoms with Gasteiger partial charge >= 0.3 is 0 Å². The first-order valence-corrected chi connectivity index (χ1v) is 7.70. The number of rotatable bonds is 2. The van der Waals surface area contributed by atoms with Crippen LogP contribution in [0.4, 0.5) is 0 Å². The second kappa shape index (κ2) is 6.01. The molecule has 0 bridgehead atoms. The Morgan fingerprint density at radius 2 is 1.67 bits per heavy atom. The molecule has 0 aromatic heterocycles. The monoisotopic (exact) mass is 308 g/mol. The third-order valence-electron chi connectivity index (χ3n) is 4.00. The van der Waals surface area contributed by atoms with Crippen LogP contribution in [0.2, 0.25) is 0 Å². The second-order valence-electron chi connectivity index (χ2n) is 5.47. The van der Waals surface area contributed by atoms with E-state index in [-0.39, 0.29) is 5.92 Å². The van der Waals surface area contributed by atoms with Crippen LogP contribution in [0.15, 0.2) is 16.6 Å². The lowest BCUT2D eigenvalue weighted by atomic mass is 9.88. The molecule has 1 aromatic carbocycles. The van der Waals surface area contributed by atoms with E-state index < -0.39 is 0 Å². The first-order chi connectivity index (χ1) is 8.59. The van der Waals surface area contributed by atoms with E-state index in [0.29, 0.717) is 5.78 Å². The quantitative estimate of drug-likeness (QED) is 0.541. The minimum Gasteiger partial charge on any atom is -0.294 e. The van der Waals surface area contributed by atoms with Crippen molar-refractivity contribution in [1.29, 1.82) is 0 Å². The largest absolute Gasteiger partial charge is 0.294 e. The Hall–Kier alpha value is -0.630. The molecule has 1 aliphatic rings. The number of hydrogen-bond acceptors (Lipinski definition) is 1. The smallest absolute Gasteiger partial charge is 0.166 e. The zero-order valence-electron chi connectivity index (χ0n) is 11.3. The van der Waals surface area contributed by atoms with Gasteiger partial charge in [-0.05, 0) is 49.9 Å². The average molecular weight is 309 g/mol. The number of hydrogen-bond donors (Lipinski definition) is 0. The highest BCUT2D eigenvalue weighted by Gasteiger charge is 2.22. The van der Waals surface area contributed by atoms with Gasteiger partial charge in [0.1, 0.15) is 0 Å². The molecule has 1 fully saturated rings. The SMILES string of the molecule is Cc1cc(C(=O)C2CCCCCC2)c(C)cc1Br. The zero-order chi connectivity index (χ0) is 13.1. The molecule has 1 nitrogen and oxygen atoms in total. The fraction of sp³-hybridized carbons (Fsp3) is 0.562. The minimum atomic E-state index is 0.256. The Bertz CT molecular complexity index is 443. The van der Waals surface area contributed by atoms with Crippen molar-refractivity contribution < 1.29 is 4.79 Å². The Morgan fingerprint density at radius 3 is 2.28 bits per heavy atom. The van der Waals surface area contributed by atoms with Crippen LogP contribution in [-0.2, 0) is 0 Å². The molecule has 0 atom stereocenters. The normalized spacial score (nSPS) is 17.5. The van der Waals surface area contributed by atoms with Crippen LogP contribution >= 0.6 is 15.9 Å². The summed E-state index contributed by atoms with van der Waals surface area (Å²) in [5.74, 6) is 0.622. The van der Waals surface area contributed by atoms with E-state index in [0.717, 1.165) is 34.0 Å². The summed E-state index contributed by atoms with van der Waals surface area (Å²) in [6.45, 7) is 4.08. The highest BCUT2D eigenvalue weighted by Crippen LogP contribution is 2.29. The molecule has 0 unspecified atom stereocenters. The standard InChI is InChI=1S/C16H21BrO/c1-11-10-15(17)12(2)9-14(11)16(18)13-7-5-3-4-6-8-13/h9-10,13H,3-8H2,1-2H3. The third kappa shape index (κ3) is 3.03. The summed E-state index contributed by atoms with van der Waals surface area (Å²) in [7, 11) is 0. The molecule has 0 heterocycles. The van der Waals surface area contributed by atoms with Crippen molar-refractivity contribution in [3.05, 3.63) is 33.3 Å². The minimum absolute atomic E-state index is 0.256. The van der Waals surface area contributed by atoms with Crippen molar-refractivity contribution >= 4 is 21.7 Å². The summed E-state index contributed by atoms with van der Waals surface area (Å²) in [5, 5.41) is 0. The molecule has 0 radical (unpaired) electrons. The predicted octanol–water partition coefficient (Wildman–Crippen LogP) is 5.22. The molecule has 98 valence electrons. The Morgan fingerprint density at radius 1 is 1.06 bits per heavy atom. The number of halogens is 1. The Kier molecular flexibility index (Phi) is 4.60. The van der Waals surface area contributed by atoms with Gasteiger partial charge in [0.25, 0.3) is 0 Å². The van der Waals surface area contributed by atoms with Crippen molar-refractivity contribution in [2.45, 2.75) is 52.4 Å². The molecule has 18 heavy (non-hydrogen) atoms. The molecular weight excluding hydrogens is 288 g/mol. The maximum Gasteiger partial charge on any atom is 0.166 e. The Balaban J connectivity index is 2.24. The number of aryl methyl sites for hydroxylation is 2. The molecule has 2 rings (SSSR count). The molecule has 0 saturated heterocycles. The molecule has 0 amide bonds. The molecule has 0 spiro atoms. The van der Waals surface area contributed by atoms with E-state index in [2.05, 4.69) is 22.0 Å². The van der Waals surface area contributed by atoms with E-state index >= 15 is 0 Å². The van der Waals surface area contributed by atoms with Gasteiger partial charge in [-0.2, -0.15) is 0 Å². The van der Waals surface area contributed by atoms with E-state index in [4.69, 9.17) is 0 Å². The lowest BCUT2D eigenvalue weighted by Crippen LogP contribution is -2.15. The predicted molar refractivity (Wildman–Crippen MR) is 79.1 cm³/mol. The second-order valence-corrected chi connectivity index (χ2v) is 6.32. The van der Waals surface area contributed by atoms with Crippen molar-refractivity contribution in [2.75, 3.05) is 0 Å². The average Bonchev–Trinajstić information content (AvgIpc) is 2.61. The summed E-state index contributed by atoms with van der Waals surface area (Å²) < 4.78 is 1.09. The molecule has 1 aromatic rings. The Labute approximate surface area is 118 Å². The van der Waals surface area contributed by atoms with Crippen LogP contribution in [0, 0.1) is 19.8 Å². The molecule has 2 heteroatoms. The molecular formula is C16H21BrO. The van der Waals surface area contributed by atoms with Gasteiger partial charge in [-0.15, -0.1) is 0 Å². The van der Waals surface area contributed by atoms with Gasteiger partial charge in [-0.25, -0.2) is 0 Å². The first kappa shape index (κ1) is 13.8. The molecule has 1 saturated carbocycles. The number of carbonyl (C=O) groups excluding carboxylic acids is 1. The summed E-state index contributed by atoms with van der Waals surface area (Å²) >= 11 is 3.53. The number of ketones is 1. The summed E-state index contributed by atoms with van der Waals surface area (Å²) in [5.41, 5.74) is 3.18. The van der Waals surface area contributed by atoms with Crippen LogP contribution in [0.5, 0.6) is 0 Å². The van der Waals surface area contributed by atoms with E-state index in [1.165, 1.54) is 25.7 Å². The first-order valence-electron chi connectivity index (χ1n) is 6.90. The van der Waals surface area contributed by atoms with Gasteiger partial charge < -0.3 is 0 Å². The number of Topliss-reactive ketones (excluding diaryl/α,β-unsaturated/α-hetero) is 1. The van der Waals surface area contributed by atoms with Crippen LogP contribution in [0.1, 0.15) is 60.0 Å². The van der Waals surface area contributed by atoms with Crippen LogP contribution in [-0.4, -0.2) is 5.78 Å². The molecule has 0 aliphatic heterocycles. The fourth-order valence-corrected chi connectivity index (χ4v) is 3.27. The highest BCUT2D eigenvalue weighted by molar-refractivity contribution is 9.10. The third-order valence-corrected chi connectivity index (χ3v) is 4.85. The number of carbonyl (C=O) groups is 1. The maximum absolute atomic E-state index is 12.6. The van der Waals surface area contributed by atoms with Gasteiger partial charge in [0.05, 0.1) is 0 Å². The van der Waals surface area contributed by atoms with E-state index in [9.17, 15) is 4.79 Å². The van der Waals surface area contributed by atoms with Gasteiger partial charge in [0, 0.05) is 16.0 Å². The zero-order valence-corrected chi connectivity index (χ0v) is 12.8. The van der Waals surface area contributed by atoms with E-state index in [1.54, 1.807) is 0 Å². The summed E-state index contributed by atoms with van der Waals surface area (Å²) in [6.07, 6.45) is 7.17. The lowest BCUT2D eigenvalue weighted by molar-refractivity contribution is 0.0907.